The van der Waals surface area contributed by atoms with Gasteiger partial charge in [0.15, 0.2) is 14.1 Å². The molecule has 0 amide bonds. The van der Waals surface area contributed by atoms with Crippen molar-refractivity contribution in [2.75, 3.05) is 20.3 Å². The summed E-state index contributed by atoms with van der Waals surface area (Å²) in [5.74, 6) is 8.01. The highest BCUT2D eigenvalue weighted by Crippen LogP contribution is 2.45. The van der Waals surface area contributed by atoms with Crippen molar-refractivity contribution in [1.82, 2.24) is 0 Å². The van der Waals surface area contributed by atoms with Crippen LogP contribution in [0.5, 0.6) is 11.5 Å². The fraction of sp³-hybridized carbons (Fsp3) is 0.765. The third kappa shape index (κ3) is 10.7. The molecule has 0 saturated heterocycles. The first-order chi connectivity index (χ1) is 18.9. The number of aliphatic hydroxyl groups is 1. The van der Waals surface area contributed by atoms with Gasteiger partial charge in [-0.1, -0.05) is 86.3 Å². The van der Waals surface area contributed by atoms with Crippen LogP contribution in [-0.4, -0.2) is 54.3 Å². The van der Waals surface area contributed by atoms with Gasteiger partial charge >= 0.3 is 0 Å². The van der Waals surface area contributed by atoms with Gasteiger partial charge in [-0.15, -0.1) is 0 Å². The van der Waals surface area contributed by atoms with Crippen LogP contribution in [0, 0.1) is 17.8 Å². The number of ether oxygens (including phenoxy) is 2. The maximum Gasteiger partial charge on any atom is 0.258 e. The van der Waals surface area contributed by atoms with Gasteiger partial charge < -0.3 is 23.4 Å². The predicted octanol–water partition coefficient (Wildman–Crippen LogP) is 9.00. The third-order valence-electron chi connectivity index (χ3n) is 8.77. The number of rotatable bonds is 16. The number of hydrogen-bond donors (Lipinski definition) is 1. The van der Waals surface area contributed by atoms with E-state index < -0.39 is 22.7 Å². The largest absolute Gasteiger partial charge is 0.540 e. The van der Waals surface area contributed by atoms with E-state index in [-0.39, 0.29) is 17.1 Å². The molecule has 236 valence electrons. The van der Waals surface area contributed by atoms with Crippen molar-refractivity contribution in [3.05, 3.63) is 23.8 Å². The zero-order valence-corrected chi connectivity index (χ0v) is 30.8. The van der Waals surface area contributed by atoms with Gasteiger partial charge in [-0.25, -0.2) is 0 Å². The zero-order valence-electron chi connectivity index (χ0n) is 28.8. The van der Waals surface area contributed by atoms with Crippen LogP contribution in [0.3, 0.4) is 0 Å². The average molecular weight is 607 g/mol. The molecule has 1 aromatic carbocycles. The Bertz CT molecular complexity index is 950. The van der Waals surface area contributed by atoms with E-state index in [1.807, 2.05) is 6.92 Å². The lowest BCUT2D eigenvalue weighted by molar-refractivity contribution is 0.116. The molecule has 1 aromatic rings. The van der Waals surface area contributed by atoms with E-state index >= 15 is 0 Å². The maximum absolute atomic E-state index is 10.9. The van der Waals surface area contributed by atoms with Crippen LogP contribution < -0.4 is 9.16 Å². The van der Waals surface area contributed by atoms with Gasteiger partial charge in [0.25, 0.3) is 8.32 Å². The molecule has 7 heteroatoms. The second kappa shape index (κ2) is 16.5. The number of methoxy groups -OCH3 is 1. The van der Waals surface area contributed by atoms with E-state index in [9.17, 15) is 5.11 Å². The first-order valence-corrected chi connectivity index (χ1v) is 20.7. The zero-order chi connectivity index (χ0) is 31.6. The highest BCUT2D eigenvalue weighted by Gasteiger charge is 2.47. The first kappa shape index (κ1) is 37.7. The fourth-order valence-corrected chi connectivity index (χ4v) is 12.5. The van der Waals surface area contributed by atoms with Crippen molar-refractivity contribution < 1.29 is 23.4 Å². The Balaban J connectivity index is 3.13. The summed E-state index contributed by atoms with van der Waals surface area (Å²) in [5.41, 5.74) is 2.48. The quantitative estimate of drug-likeness (QED) is 0.150. The Labute approximate surface area is 255 Å². The summed E-state index contributed by atoms with van der Waals surface area (Å²) in [4.78, 5) is 0. The van der Waals surface area contributed by atoms with Crippen LogP contribution in [0.15, 0.2) is 18.2 Å². The van der Waals surface area contributed by atoms with Gasteiger partial charge in [0.1, 0.15) is 11.9 Å². The smallest absolute Gasteiger partial charge is 0.258 e. The summed E-state index contributed by atoms with van der Waals surface area (Å²) in [6, 6.07) is 6.24. The first-order valence-electron chi connectivity index (χ1n) is 15.7. The summed E-state index contributed by atoms with van der Waals surface area (Å²) in [6.07, 6.45) is 1.16. The lowest BCUT2D eigenvalue weighted by Crippen LogP contribution is -2.50. The normalized spacial score (nSPS) is 15.1. The number of para-hydroxylation sites is 1. The van der Waals surface area contributed by atoms with Crippen molar-refractivity contribution in [2.45, 2.75) is 142 Å². The monoisotopic (exact) mass is 606 g/mol. The molecule has 0 spiro atoms. The van der Waals surface area contributed by atoms with E-state index in [1.165, 1.54) is 0 Å². The lowest BCUT2D eigenvalue weighted by atomic mass is 9.93. The predicted molar refractivity (Wildman–Crippen MR) is 179 cm³/mol. The van der Waals surface area contributed by atoms with E-state index in [0.29, 0.717) is 49.1 Å². The standard InChI is InChI=1S/C34H62O5Si2/c1-15-37-33-30(19-17-21-32(33)39-41(25(2)3,26(4)5)27(6)7)22-29(24-36-12)23-31(35)20-16-18-28(8)38-40(13,14)34(9,10)11/h17,19,21,25-29,31,35H,15,18,22-24H2,1-14H3/t28-,29-,31?/m0/s1. The molecule has 0 saturated carbocycles. The molecule has 0 heterocycles. The molecule has 0 aromatic heterocycles. The number of hydrogen-bond acceptors (Lipinski definition) is 5. The van der Waals surface area contributed by atoms with E-state index in [1.54, 1.807) is 7.11 Å². The second-order valence-electron chi connectivity index (χ2n) is 14.1. The van der Waals surface area contributed by atoms with Crippen molar-refractivity contribution in [3.63, 3.8) is 0 Å². The minimum Gasteiger partial charge on any atom is -0.540 e. The third-order valence-corrected chi connectivity index (χ3v) is 19.4. The minimum absolute atomic E-state index is 0.0417. The van der Waals surface area contributed by atoms with Crippen molar-refractivity contribution in [3.8, 4) is 23.3 Å². The van der Waals surface area contributed by atoms with Crippen LogP contribution in [-0.2, 0) is 15.6 Å². The molecule has 0 fully saturated rings. The number of aliphatic hydroxyl groups excluding tert-OH is 1. The van der Waals surface area contributed by atoms with Crippen molar-refractivity contribution in [1.29, 1.82) is 0 Å². The summed E-state index contributed by atoms with van der Waals surface area (Å²) in [6.45, 7) is 30.2. The Hall–Kier alpha value is -1.31. The van der Waals surface area contributed by atoms with Gasteiger partial charge in [0, 0.05) is 20.1 Å². The number of benzene rings is 1. The molecule has 0 aliphatic heterocycles. The van der Waals surface area contributed by atoms with Crippen molar-refractivity contribution in [2.24, 2.45) is 5.92 Å². The van der Waals surface area contributed by atoms with E-state index in [2.05, 4.69) is 112 Å². The summed E-state index contributed by atoms with van der Waals surface area (Å²) in [5, 5.41) is 11.0. The molecule has 1 rings (SSSR count). The van der Waals surface area contributed by atoms with Crippen LogP contribution in [0.1, 0.15) is 94.6 Å². The molecule has 1 unspecified atom stereocenters. The highest BCUT2D eigenvalue weighted by molar-refractivity contribution is 6.78. The molecule has 0 aliphatic carbocycles. The minimum atomic E-state index is -2.15. The topological polar surface area (TPSA) is 57.2 Å². The van der Waals surface area contributed by atoms with Gasteiger partial charge in [-0.05, 0) is 79.0 Å². The maximum atomic E-state index is 10.9. The summed E-state index contributed by atoms with van der Waals surface area (Å²) < 4.78 is 25.3. The highest BCUT2D eigenvalue weighted by atomic mass is 28.4. The molecule has 41 heavy (non-hydrogen) atoms. The summed E-state index contributed by atoms with van der Waals surface area (Å²) >= 11 is 0. The molecule has 5 nitrogen and oxygen atoms in total. The van der Waals surface area contributed by atoms with Crippen LogP contribution >= 0.6 is 0 Å². The Kier molecular flexibility index (Phi) is 15.2. The second-order valence-corrected chi connectivity index (χ2v) is 24.2. The molecule has 0 bridgehead atoms. The van der Waals surface area contributed by atoms with Gasteiger partial charge in [-0.3, -0.25) is 0 Å². The van der Waals surface area contributed by atoms with Gasteiger partial charge in [-0.2, -0.15) is 0 Å². The molecular weight excluding hydrogens is 545 g/mol. The fourth-order valence-electron chi connectivity index (χ4n) is 5.83. The SMILES string of the molecule is CCOc1c(C[C@H](COC)CC(O)C#CC[C@H](C)O[Si](C)(C)C(C)(C)C)cccc1O[Si](C(C)C)(C(C)C)C(C)C. The van der Waals surface area contributed by atoms with Gasteiger partial charge in [0.2, 0.25) is 0 Å². The Morgan fingerprint density at radius 2 is 1.54 bits per heavy atom. The Morgan fingerprint density at radius 3 is 2.02 bits per heavy atom. The molecule has 1 N–H and O–H groups in total. The molecule has 0 radical (unpaired) electrons. The molecular formula is C34H62O5Si2. The van der Waals surface area contributed by atoms with Crippen LogP contribution in [0.25, 0.3) is 0 Å². The van der Waals surface area contributed by atoms with Crippen LogP contribution in [0.2, 0.25) is 34.8 Å². The van der Waals surface area contributed by atoms with E-state index in [0.717, 1.165) is 17.1 Å². The Morgan fingerprint density at radius 1 is 0.951 bits per heavy atom. The molecule has 3 atom stereocenters. The van der Waals surface area contributed by atoms with E-state index in [4.69, 9.17) is 18.3 Å². The lowest BCUT2D eigenvalue weighted by Gasteiger charge is -2.42. The summed E-state index contributed by atoms with van der Waals surface area (Å²) in [7, 11) is -2.29. The molecule has 0 aliphatic rings. The average Bonchev–Trinajstić information content (AvgIpc) is 2.82. The van der Waals surface area contributed by atoms with Crippen LogP contribution in [0.4, 0.5) is 0 Å². The van der Waals surface area contributed by atoms with Gasteiger partial charge in [0.05, 0.1) is 12.7 Å². The van der Waals surface area contributed by atoms with Crippen molar-refractivity contribution >= 4 is 16.6 Å².